The van der Waals surface area contributed by atoms with Gasteiger partial charge < -0.3 is 5.73 Å². The number of benzene rings is 9. The number of pyridine rings is 1. The van der Waals surface area contributed by atoms with Crippen molar-refractivity contribution in [3.05, 3.63) is 212 Å². The van der Waals surface area contributed by atoms with E-state index in [1.807, 2.05) is 42.7 Å². The molecule has 4 heteroatoms. The second-order valence-corrected chi connectivity index (χ2v) is 14.9. The molecule has 4 N–H and O–H groups in total. The first kappa shape index (κ1) is 35.5. The SMILES string of the molecule is N=C1C=CC(c2c3ccccc3c(-c3ccc4ccccc4c3)c3ccccc23)=CC1=N.Nc1ccc(-c2c3ccccc3c(-c3cccnc3)c3ccccc23)cc1. The minimum Gasteiger partial charge on any atom is -0.399 e. The fraction of sp³-hybridized carbons (Fsp3) is 0. The second kappa shape index (κ2) is 14.8. The Bertz CT molecular complexity index is 3240. The van der Waals surface area contributed by atoms with Gasteiger partial charge in [-0.15, -0.1) is 0 Å². The standard InChI is InChI=1S/C30H20N2.C25H18N2/c31-27-16-15-22(18-28(27)32)30-25-11-5-3-9-23(25)29(24-10-4-6-12-26(24)30)21-14-13-19-7-1-2-8-20(19)17-21;26-19-13-11-17(12-14-19)24-20-7-1-3-9-22(20)25(18-6-5-15-27-16-18)23-10-4-2-8-21(23)24/h1-18,31-32H;1-16H,26H2. The van der Waals surface area contributed by atoms with Crippen molar-refractivity contribution in [2.75, 3.05) is 5.73 Å². The molecule has 0 atom stereocenters. The summed E-state index contributed by atoms with van der Waals surface area (Å²) in [6.07, 6.45) is 9.25. The van der Waals surface area contributed by atoms with Crippen LogP contribution in [0.2, 0.25) is 0 Å². The van der Waals surface area contributed by atoms with Gasteiger partial charge in [0, 0.05) is 23.6 Å². The summed E-state index contributed by atoms with van der Waals surface area (Å²) >= 11 is 0. The Hall–Kier alpha value is -7.95. The van der Waals surface area contributed by atoms with Crippen LogP contribution in [-0.4, -0.2) is 16.4 Å². The van der Waals surface area contributed by atoms with Crippen LogP contribution in [-0.2, 0) is 0 Å². The lowest BCUT2D eigenvalue weighted by atomic mass is 9.84. The van der Waals surface area contributed by atoms with Crippen LogP contribution in [0.1, 0.15) is 5.56 Å². The molecule has 1 aromatic heterocycles. The zero-order valence-corrected chi connectivity index (χ0v) is 32.2. The molecule has 1 aliphatic carbocycles. The molecule has 11 rings (SSSR count). The van der Waals surface area contributed by atoms with Gasteiger partial charge in [-0.2, -0.15) is 0 Å². The summed E-state index contributed by atoms with van der Waals surface area (Å²) in [5.41, 5.74) is 16.5. The smallest absolute Gasteiger partial charge is 0.0795 e. The number of nitrogens with two attached hydrogens (primary N) is 1. The molecule has 0 radical (unpaired) electrons. The molecular formula is C55H38N4. The van der Waals surface area contributed by atoms with Crippen molar-refractivity contribution in [3.8, 4) is 33.4 Å². The zero-order valence-electron chi connectivity index (χ0n) is 32.2. The topological polar surface area (TPSA) is 86.6 Å². The van der Waals surface area contributed by atoms with E-state index in [0.29, 0.717) is 0 Å². The van der Waals surface area contributed by atoms with Crippen molar-refractivity contribution in [3.63, 3.8) is 0 Å². The van der Waals surface area contributed by atoms with E-state index in [0.717, 1.165) is 33.2 Å². The van der Waals surface area contributed by atoms with Crippen molar-refractivity contribution < 1.29 is 0 Å². The van der Waals surface area contributed by atoms with Gasteiger partial charge in [0.15, 0.2) is 0 Å². The quantitative estimate of drug-likeness (QED) is 0.0949. The summed E-state index contributed by atoms with van der Waals surface area (Å²) in [5, 5.41) is 28.2. The van der Waals surface area contributed by atoms with Crippen LogP contribution in [0, 0.1) is 10.8 Å². The van der Waals surface area contributed by atoms with Crippen molar-refractivity contribution >= 4 is 76.5 Å². The summed E-state index contributed by atoms with van der Waals surface area (Å²) in [6.45, 7) is 0. The number of rotatable bonds is 4. The molecule has 0 amide bonds. The predicted octanol–water partition coefficient (Wildman–Crippen LogP) is 14.1. The molecule has 10 aromatic rings. The minimum absolute atomic E-state index is 0.245. The van der Waals surface area contributed by atoms with E-state index in [-0.39, 0.29) is 11.4 Å². The van der Waals surface area contributed by atoms with Gasteiger partial charge >= 0.3 is 0 Å². The molecule has 59 heavy (non-hydrogen) atoms. The Morgan fingerprint density at radius 3 is 1.34 bits per heavy atom. The number of aromatic nitrogens is 1. The van der Waals surface area contributed by atoms with Gasteiger partial charge in [0.25, 0.3) is 0 Å². The van der Waals surface area contributed by atoms with E-state index in [1.54, 1.807) is 6.08 Å². The number of fused-ring (bicyclic) bond motifs is 5. The van der Waals surface area contributed by atoms with Gasteiger partial charge in [-0.25, -0.2) is 0 Å². The second-order valence-electron chi connectivity index (χ2n) is 14.9. The van der Waals surface area contributed by atoms with Crippen LogP contribution in [0.3, 0.4) is 0 Å². The maximum Gasteiger partial charge on any atom is 0.0795 e. The monoisotopic (exact) mass is 754 g/mol. The summed E-state index contributed by atoms with van der Waals surface area (Å²) < 4.78 is 0. The average molecular weight is 755 g/mol. The Balaban J connectivity index is 0.000000145. The number of anilines is 1. The number of allylic oxidation sites excluding steroid dienone is 4. The summed E-state index contributed by atoms with van der Waals surface area (Å²) in [7, 11) is 0. The largest absolute Gasteiger partial charge is 0.399 e. The van der Waals surface area contributed by atoms with E-state index in [9.17, 15) is 0 Å². The van der Waals surface area contributed by atoms with Crippen LogP contribution in [0.4, 0.5) is 5.69 Å². The normalized spacial score (nSPS) is 12.6. The van der Waals surface area contributed by atoms with E-state index in [1.165, 1.54) is 70.9 Å². The molecule has 1 aliphatic rings. The van der Waals surface area contributed by atoms with Gasteiger partial charge in [0.1, 0.15) is 0 Å². The molecule has 0 spiro atoms. The third-order valence-corrected chi connectivity index (χ3v) is 11.4. The number of nitrogen functional groups attached to an aromatic ring is 1. The van der Waals surface area contributed by atoms with Crippen molar-refractivity contribution in [1.29, 1.82) is 10.8 Å². The summed E-state index contributed by atoms with van der Waals surface area (Å²) in [5.74, 6) is 0. The highest BCUT2D eigenvalue weighted by molar-refractivity contribution is 6.51. The number of nitrogens with zero attached hydrogens (tertiary/aromatic N) is 1. The Labute approximate surface area is 342 Å². The molecule has 0 saturated heterocycles. The van der Waals surface area contributed by atoms with Gasteiger partial charge in [-0.1, -0.05) is 158 Å². The van der Waals surface area contributed by atoms with Crippen LogP contribution in [0.15, 0.2) is 207 Å². The van der Waals surface area contributed by atoms with Gasteiger partial charge in [-0.3, -0.25) is 15.8 Å². The predicted molar refractivity (Wildman–Crippen MR) is 251 cm³/mol. The Morgan fingerprint density at radius 1 is 0.373 bits per heavy atom. The summed E-state index contributed by atoms with van der Waals surface area (Å²) in [6, 6.07) is 61.7. The number of hydrogen-bond acceptors (Lipinski definition) is 4. The van der Waals surface area contributed by atoms with Crippen molar-refractivity contribution in [2.24, 2.45) is 0 Å². The third-order valence-electron chi connectivity index (χ3n) is 11.4. The molecule has 278 valence electrons. The zero-order chi connectivity index (χ0) is 39.9. The minimum atomic E-state index is 0.245. The molecule has 0 bridgehead atoms. The molecule has 0 saturated carbocycles. The summed E-state index contributed by atoms with van der Waals surface area (Å²) in [4.78, 5) is 4.35. The van der Waals surface area contributed by atoms with Crippen LogP contribution >= 0.6 is 0 Å². The first-order valence-corrected chi connectivity index (χ1v) is 19.7. The van der Waals surface area contributed by atoms with Gasteiger partial charge in [0.2, 0.25) is 0 Å². The van der Waals surface area contributed by atoms with E-state index >= 15 is 0 Å². The molecule has 0 fully saturated rings. The number of hydrogen-bond donors (Lipinski definition) is 3. The first-order chi connectivity index (χ1) is 29.0. The van der Waals surface area contributed by atoms with E-state index < -0.39 is 0 Å². The molecule has 4 nitrogen and oxygen atoms in total. The molecule has 0 aliphatic heterocycles. The van der Waals surface area contributed by atoms with E-state index in [2.05, 4.69) is 163 Å². The maximum absolute atomic E-state index is 8.19. The molecule has 1 heterocycles. The van der Waals surface area contributed by atoms with Crippen LogP contribution in [0.25, 0.3) is 92.8 Å². The lowest BCUT2D eigenvalue weighted by Gasteiger charge is -2.19. The Kier molecular flexibility index (Phi) is 8.93. The van der Waals surface area contributed by atoms with Gasteiger partial charge in [-0.05, 0) is 129 Å². The van der Waals surface area contributed by atoms with Crippen LogP contribution < -0.4 is 5.73 Å². The number of nitrogens with one attached hydrogen (secondary N) is 2. The average Bonchev–Trinajstić information content (AvgIpc) is 3.29. The molecule has 9 aromatic carbocycles. The van der Waals surface area contributed by atoms with Crippen molar-refractivity contribution in [2.45, 2.75) is 0 Å². The fourth-order valence-corrected chi connectivity index (χ4v) is 8.71. The first-order valence-electron chi connectivity index (χ1n) is 19.7. The van der Waals surface area contributed by atoms with Gasteiger partial charge in [0.05, 0.1) is 11.4 Å². The fourth-order valence-electron chi connectivity index (χ4n) is 8.71. The van der Waals surface area contributed by atoms with Crippen LogP contribution in [0.5, 0.6) is 0 Å². The Morgan fingerprint density at radius 2 is 0.831 bits per heavy atom. The highest BCUT2D eigenvalue weighted by atomic mass is 14.6. The lowest BCUT2D eigenvalue weighted by molar-refractivity contribution is 1.33. The van der Waals surface area contributed by atoms with E-state index in [4.69, 9.17) is 16.6 Å². The molecular weight excluding hydrogens is 717 g/mol. The third kappa shape index (κ3) is 6.34. The lowest BCUT2D eigenvalue weighted by Crippen LogP contribution is -2.10. The highest BCUT2D eigenvalue weighted by Crippen LogP contribution is 2.45. The van der Waals surface area contributed by atoms with Crippen molar-refractivity contribution in [1.82, 2.24) is 4.98 Å². The molecule has 0 unspecified atom stereocenters. The maximum atomic E-state index is 8.19. The highest BCUT2D eigenvalue weighted by Gasteiger charge is 2.20.